The van der Waals surface area contributed by atoms with Gasteiger partial charge >= 0.3 is 5.69 Å². The molecule has 0 bridgehead atoms. The van der Waals surface area contributed by atoms with Crippen LogP contribution in [-0.4, -0.2) is 53.2 Å². The molecule has 0 spiro atoms. The van der Waals surface area contributed by atoms with Crippen LogP contribution in [0.25, 0.3) is 10.2 Å². The topological polar surface area (TPSA) is 50.5 Å². The van der Waals surface area contributed by atoms with Gasteiger partial charge in [0.05, 0.1) is 5.39 Å². The minimum absolute atomic E-state index is 0.0298. The van der Waals surface area contributed by atoms with Gasteiger partial charge in [-0.15, -0.1) is 11.3 Å². The van der Waals surface area contributed by atoms with E-state index in [1.807, 2.05) is 4.57 Å². The number of thiophene rings is 1. The fraction of sp³-hybridized carbons (Fsp3) is 0.714. The number of fused-ring (bicyclic) bond motifs is 3. The summed E-state index contributed by atoms with van der Waals surface area (Å²) in [6.45, 7) is 3.46. The van der Waals surface area contributed by atoms with Crippen LogP contribution >= 0.6 is 11.3 Å². The highest BCUT2D eigenvalue weighted by molar-refractivity contribution is 7.18. The van der Waals surface area contributed by atoms with Crippen molar-refractivity contribution < 1.29 is 0 Å². The first-order valence-electron chi connectivity index (χ1n) is 10.6. The maximum Gasteiger partial charge on any atom is 0.332 e. The molecule has 0 unspecified atom stereocenters. The SMILES string of the molecule is CN(C)CCCn1c(=O)n(C2CCCCC2)c(=O)c2c3c(sc21)CN(C)CC3. The van der Waals surface area contributed by atoms with Gasteiger partial charge in [-0.3, -0.25) is 13.9 Å². The van der Waals surface area contributed by atoms with Crippen molar-refractivity contribution >= 4 is 21.6 Å². The molecule has 2 aliphatic rings. The molecule has 2 aromatic rings. The zero-order valence-corrected chi connectivity index (χ0v) is 18.2. The van der Waals surface area contributed by atoms with Crippen molar-refractivity contribution in [2.75, 3.05) is 34.2 Å². The Kier molecular flexibility index (Phi) is 5.76. The summed E-state index contributed by atoms with van der Waals surface area (Å²) in [6.07, 6.45) is 7.16. The van der Waals surface area contributed by atoms with Gasteiger partial charge in [-0.05, 0) is 58.9 Å². The minimum Gasteiger partial charge on any atom is -0.309 e. The number of hydrogen-bond acceptors (Lipinski definition) is 5. The maximum atomic E-state index is 13.5. The lowest BCUT2D eigenvalue weighted by atomic mass is 9.95. The van der Waals surface area contributed by atoms with E-state index in [0.29, 0.717) is 6.54 Å². The quantitative estimate of drug-likeness (QED) is 0.769. The number of nitrogens with zero attached hydrogens (tertiary/aromatic N) is 4. The smallest absolute Gasteiger partial charge is 0.309 e. The molecule has 0 aromatic carbocycles. The van der Waals surface area contributed by atoms with Crippen molar-refractivity contribution in [2.24, 2.45) is 0 Å². The molecule has 0 N–H and O–H groups in total. The lowest BCUT2D eigenvalue weighted by molar-refractivity contribution is 0.317. The molecule has 4 rings (SSSR count). The van der Waals surface area contributed by atoms with Crippen molar-refractivity contribution in [3.05, 3.63) is 31.3 Å². The van der Waals surface area contributed by atoms with Crippen molar-refractivity contribution in [2.45, 2.75) is 64.1 Å². The third kappa shape index (κ3) is 3.60. The second-order valence-electron chi connectivity index (χ2n) is 8.73. The van der Waals surface area contributed by atoms with Crippen LogP contribution in [0.3, 0.4) is 0 Å². The van der Waals surface area contributed by atoms with Crippen LogP contribution in [0.5, 0.6) is 0 Å². The van der Waals surface area contributed by atoms with E-state index in [1.54, 1.807) is 15.9 Å². The lowest BCUT2D eigenvalue weighted by Gasteiger charge is -2.25. The summed E-state index contributed by atoms with van der Waals surface area (Å²) in [5, 5.41) is 0.836. The molecule has 6 nitrogen and oxygen atoms in total. The van der Waals surface area contributed by atoms with Crippen LogP contribution in [0.2, 0.25) is 0 Å². The molecule has 1 aliphatic heterocycles. The summed E-state index contributed by atoms with van der Waals surface area (Å²) in [6, 6.07) is 0.0695. The van der Waals surface area contributed by atoms with Crippen molar-refractivity contribution in [1.82, 2.24) is 18.9 Å². The van der Waals surface area contributed by atoms with Crippen LogP contribution in [0, 0.1) is 0 Å². The number of aromatic nitrogens is 2. The van der Waals surface area contributed by atoms with E-state index in [4.69, 9.17) is 0 Å². The minimum atomic E-state index is -0.0879. The van der Waals surface area contributed by atoms with Crippen molar-refractivity contribution in [3.63, 3.8) is 0 Å². The van der Waals surface area contributed by atoms with Gasteiger partial charge in [-0.25, -0.2) is 4.79 Å². The molecule has 1 fully saturated rings. The fourth-order valence-corrected chi connectivity index (χ4v) is 6.19. The Hall–Kier alpha value is -1.44. The molecule has 2 aromatic heterocycles. The Bertz CT molecular complexity index is 965. The first kappa shape index (κ1) is 19.9. The largest absolute Gasteiger partial charge is 0.332 e. The van der Waals surface area contributed by atoms with Gasteiger partial charge in [0, 0.05) is 30.6 Å². The third-order valence-electron chi connectivity index (χ3n) is 6.27. The van der Waals surface area contributed by atoms with Gasteiger partial charge in [0.25, 0.3) is 5.56 Å². The molecule has 3 heterocycles. The molecule has 1 aliphatic carbocycles. The average molecular weight is 405 g/mol. The highest BCUT2D eigenvalue weighted by atomic mass is 32.1. The molecular weight excluding hydrogens is 372 g/mol. The van der Waals surface area contributed by atoms with Gasteiger partial charge in [-0.2, -0.15) is 0 Å². The van der Waals surface area contributed by atoms with E-state index in [0.717, 1.165) is 68.4 Å². The van der Waals surface area contributed by atoms with E-state index in [1.165, 1.54) is 16.9 Å². The predicted molar refractivity (Wildman–Crippen MR) is 116 cm³/mol. The molecule has 0 atom stereocenters. The Labute approximate surface area is 170 Å². The van der Waals surface area contributed by atoms with E-state index in [2.05, 4.69) is 30.9 Å². The zero-order chi connectivity index (χ0) is 19.8. The van der Waals surface area contributed by atoms with Gasteiger partial charge in [0.15, 0.2) is 0 Å². The molecule has 0 amide bonds. The summed E-state index contributed by atoms with van der Waals surface area (Å²) in [5.41, 5.74) is 1.09. The van der Waals surface area contributed by atoms with E-state index < -0.39 is 0 Å². The van der Waals surface area contributed by atoms with Gasteiger partial charge in [0.1, 0.15) is 4.83 Å². The molecule has 1 saturated carbocycles. The Morgan fingerprint density at radius 3 is 2.61 bits per heavy atom. The second kappa shape index (κ2) is 8.13. The van der Waals surface area contributed by atoms with Gasteiger partial charge in [-0.1, -0.05) is 19.3 Å². The van der Waals surface area contributed by atoms with Crippen molar-refractivity contribution in [3.8, 4) is 0 Å². The standard InChI is InChI=1S/C21H32N4O2S/c1-22(2)11-7-12-24-20-18(16-10-13-23(3)14-17(16)28-20)19(26)25(21(24)27)15-8-5-4-6-9-15/h15H,4-14H2,1-3H3. The molecule has 0 radical (unpaired) electrons. The van der Waals surface area contributed by atoms with E-state index in [-0.39, 0.29) is 17.3 Å². The normalized spacial score (nSPS) is 18.9. The predicted octanol–water partition coefficient (Wildman–Crippen LogP) is 2.67. The van der Waals surface area contributed by atoms with Crippen molar-refractivity contribution in [1.29, 1.82) is 0 Å². The third-order valence-corrected chi connectivity index (χ3v) is 7.51. The average Bonchev–Trinajstić information content (AvgIpc) is 3.03. The highest BCUT2D eigenvalue weighted by Gasteiger charge is 2.27. The van der Waals surface area contributed by atoms with E-state index in [9.17, 15) is 9.59 Å². The molecule has 7 heteroatoms. The number of hydrogen-bond donors (Lipinski definition) is 0. The summed E-state index contributed by atoms with van der Waals surface area (Å²) in [7, 11) is 6.24. The zero-order valence-electron chi connectivity index (χ0n) is 17.4. The Morgan fingerprint density at radius 1 is 1.14 bits per heavy atom. The molecule has 0 saturated heterocycles. The van der Waals surface area contributed by atoms with E-state index >= 15 is 0 Å². The fourth-order valence-electron chi connectivity index (χ4n) is 4.76. The van der Waals surface area contributed by atoms with Crippen LogP contribution in [0.1, 0.15) is 55.0 Å². The first-order chi connectivity index (χ1) is 13.5. The second-order valence-corrected chi connectivity index (χ2v) is 9.81. The van der Waals surface area contributed by atoms with Crippen LogP contribution in [-0.2, 0) is 19.5 Å². The molecule has 28 heavy (non-hydrogen) atoms. The first-order valence-corrected chi connectivity index (χ1v) is 11.4. The number of likely N-dealkylation sites (N-methyl/N-ethyl adjacent to an activating group) is 1. The molecule has 154 valence electrons. The molecular formula is C21H32N4O2S. The lowest BCUT2D eigenvalue weighted by Crippen LogP contribution is -2.43. The maximum absolute atomic E-state index is 13.5. The highest BCUT2D eigenvalue weighted by Crippen LogP contribution is 2.33. The number of aryl methyl sites for hydroxylation is 1. The number of rotatable bonds is 5. The van der Waals surface area contributed by atoms with Gasteiger partial charge in [0.2, 0.25) is 0 Å². The Balaban J connectivity index is 1.88. The summed E-state index contributed by atoms with van der Waals surface area (Å²) >= 11 is 1.67. The van der Waals surface area contributed by atoms with Crippen LogP contribution in [0.15, 0.2) is 9.59 Å². The van der Waals surface area contributed by atoms with Crippen LogP contribution < -0.4 is 11.2 Å². The summed E-state index contributed by atoms with van der Waals surface area (Å²) in [5.74, 6) is 0. The summed E-state index contributed by atoms with van der Waals surface area (Å²) < 4.78 is 3.54. The Morgan fingerprint density at radius 2 is 1.89 bits per heavy atom. The van der Waals surface area contributed by atoms with Gasteiger partial charge < -0.3 is 9.80 Å². The summed E-state index contributed by atoms with van der Waals surface area (Å²) in [4.78, 5) is 33.6. The monoisotopic (exact) mass is 404 g/mol. The van der Waals surface area contributed by atoms with Crippen LogP contribution in [0.4, 0.5) is 0 Å².